The largest absolute Gasteiger partial charge is 0.472 e. The van der Waals surface area contributed by atoms with Crippen molar-refractivity contribution in [1.82, 2.24) is 0 Å². The monoisotopic (exact) mass is 869 g/mol. The highest BCUT2D eigenvalue weighted by Gasteiger charge is 2.27. The second kappa shape index (κ2) is 42.5. The molecular formula is C50H95NO8P+. The first kappa shape index (κ1) is 58.2. The Morgan fingerprint density at radius 3 is 1.35 bits per heavy atom. The number of nitrogens with zero attached hydrogens (tertiary/aromatic N) is 1. The van der Waals surface area contributed by atoms with E-state index in [1.54, 1.807) is 0 Å². The molecule has 0 aromatic carbocycles. The van der Waals surface area contributed by atoms with Gasteiger partial charge in [0, 0.05) is 12.8 Å². The molecule has 60 heavy (non-hydrogen) atoms. The maximum absolute atomic E-state index is 12.7. The fourth-order valence-corrected chi connectivity index (χ4v) is 7.51. The molecule has 0 bridgehead atoms. The van der Waals surface area contributed by atoms with Gasteiger partial charge < -0.3 is 18.9 Å². The summed E-state index contributed by atoms with van der Waals surface area (Å²) < 4.78 is 34.4. The molecule has 0 aliphatic rings. The zero-order valence-electron chi connectivity index (χ0n) is 39.7. The summed E-state index contributed by atoms with van der Waals surface area (Å²) in [6.45, 7) is 4.40. The van der Waals surface area contributed by atoms with Crippen LogP contribution in [-0.4, -0.2) is 74.9 Å². The van der Waals surface area contributed by atoms with Crippen LogP contribution in [0.2, 0.25) is 0 Å². The molecule has 9 nitrogen and oxygen atoms in total. The van der Waals surface area contributed by atoms with Crippen LogP contribution in [-0.2, 0) is 32.7 Å². The fourth-order valence-electron chi connectivity index (χ4n) is 6.76. The zero-order valence-corrected chi connectivity index (χ0v) is 40.6. The Labute approximate surface area is 370 Å². The van der Waals surface area contributed by atoms with Crippen LogP contribution >= 0.6 is 7.82 Å². The molecule has 0 radical (unpaired) electrons. The second-order valence-corrected chi connectivity index (χ2v) is 19.3. The third-order valence-corrected chi connectivity index (χ3v) is 11.7. The molecule has 0 saturated carbocycles. The van der Waals surface area contributed by atoms with Crippen molar-refractivity contribution in [3.8, 4) is 0 Å². The first-order chi connectivity index (χ1) is 29.0. The van der Waals surface area contributed by atoms with Gasteiger partial charge in [-0.1, -0.05) is 179 Å². The van der Waals surface area contributed by atoms with Gasteiger partial charge in [-0.05, 0) is 64.2 Å². The van der Waals surface area contributed by atoms with Crippen molar-refractivity contribution in [1.29, 1.82) is 0 Å². The van der Waals surface area contributed by atoms with Crippen LogP contribution in [0, 0.1) is 0 Å². The molecule has 0 aromatic heterocycles. The van der Waals surface area contributed by atoms with E-state index >= 15 is 0 Å². The standard InChI is InChI=1S/C50H94NO8P/c1-6-8-10-12-14-16-18-20-22-23-24-25-26-27-29-31-33-35-37-39-41-43-50(53)59-48(47-58-60(54,55)57-45-44-51(3,4)5)46-56-49(52)42-40-38-36-34-32-30-28-21-19-17-15-13-11-9-7-2/h17,19-22,28,48H,6-16,18,23-27,29-47H2,1-5H3/p+1/b19-17+,22-20+,28-21+/t48-/m1/s1. The Hall–Kier alpha value is -1.77. The number of carbonyl (C=O) groups excluding carboxylic acids is 2. The number of likely N-dealkylation sites (N-methyl/N-ethyl adjacent to an activating group) is 1. The number of phosphoric ester groups is 1. The lowest BCUT2D eigenvalue weighted by Gasteiger charge is -2.24. The van der Waals surface area contributed by atoms with Crippen molar-refractivity contribution in [2.75, 3.05) is 47.5 Å². The highest BCUT2D eigenvalue weighted by atomic mass is 31.2. The molecule has 10 heteroatoms. The summed E-state index contributed by atoms with van der Waals surface area (Å²) in [5.41, 5.74) is 0. The highest BCUT2D eigenvalue weighted by molar-refractivity contribution is 7.47. The Morgan fingerprint density at radius 1 is 0.517 bits per heavy atom. The smallest absolute Gasteiger partial charge is 0.462 e. The number of hydrogen-bond donors (Lipinski definition) is 1. The van der Waals surface area contributed by atoms with E-state index in [4.69, 9.17) is 18.5 Å². The first-order valence-corrected chi connectivity index (χ1v) is 26.2. The molecule has 352 valence electrons. The molecule has 0 aliphatic carbocycles. The third-order valence-electron chi connectivity index (χ3n) is 10.7. The molecule has 2 atom stereocenters. The van der Waals surface area contributed by atoms with E-state index in [2.05, 4.69) is 50.3 Å². The molecule has 0 amide bonds. The topological polar surface area (TPSA) is 108 Å². The average Bonchev–Trinajstić information content (AvgIpc) is 3.20. The summed E-state index contributed by atoms with van der Waals surface area (Å²) in [6, 6.07) is 0. The van der Waals surface area contributed by atoms with Crippen LogP contribution in [0.4, 0.5) is 0 Å². The van der Waals surface area contributed by atoms with E-state index in [-0.39, 0.29) is 32.0 Å². The minimum absolute atomic E-state index is 0.0293. The van der Waals surface area contributed by atoms with E-state index in [1.807, 2.05) is 21.1 Å². The molecule has 0 aromatic rings. The Morgan fingerprint density at radius 2 is 0.900 bits per heavy atom. The predicted molar refractivity (Wildman–Crippen MR) is 252 cm³/mol. The fraction of sp³-hybridized carbons (Fsp3) is 0.840. The maximum Gasteiger partial charge on any atom is 0.472 e. The zero-order chi connectivity index (χ0) is 44.3. The SMILES string of the molecule is CCCCCC/C=C/C=C/CCCCCCCC(=O)OC[C@H](COP(=O)(O)OCC[N+](C)(C)C)OC(=O)CCCCCCCCCCCCC/C=C/CCCCCCCC. The minimum atomic E-state index is -4.38. The van der Waals surface area contributed by atoms with Gasteiger partial charge in [0.15, 0.2) is 6.10 Å². The van der Waals surface area contributed by atoms with Crippen molar-refractivity contribution in [3.63, 3.8) is 0 Å². The van der Waals surface area contributed by atoms with Crippen molar-refractivity contribution in [2.45, 2.75) is 225 Å². The molecule has 0 spiro atoms. The minimum Gasteiger partial charge on any atom is -0.462 e. The number of ether oxygens (including phenoxy) is 2. The van der Waals surface area contributed by atoms with Gasteiger partial charge in [0.1, 0.15) is 19.8 Å². The van der Waals surface area contributed by atoms with E-state index in [0.717, 1.165) is 57.8 Å². The number of phosphoric acid groups is 1. The summed E-state index contributed by atoms with van der Waals surface area (Å²) in [5, 5.41) is 0. The van der Waals surface area contributed by atoms with Crippen LogP contribution in [0.25, 0.3) is 0 Å². The summed E-state index contributed by atoms with van der Waals surface area (Å²) in [6.07, 6.45) is 49.0. The van der Waals surface area contributed by atoms with Crippen LogP contribution in [0.3, 0.4) is 0 Å². The van der Waals surface area contributed by atoms with Crippen molar-refractivity contribution < 1.29 is 42.1 Å². The highest BCUT2D eigenvalue weighted by Crippen LogP contribution is 2.43. The second-order valence-electron chi connectivity index (χ2n) is 17.9. The molecular weight excluding hydrogens is 774 g/mol. The van der Waals surface area contributed by atoms with Gasteiger partial charge in [0.05, 0.1) is 27.7 Å². The number of quaternary nitrogens is 1. The van der Waals surface area contributed by atoms with E-state index in [0.29, 0.717) is 17.4 Å². The van der Waals surface area contributed by atoms with Crippen molar-refractivity contribution >= 4 is 19.8 Å². The van der Waals surface area contributed by atoms with Crippen LogP contribution in [0.15, 0.2) is 36.5 Å². The Balaban J connectivity index is 4.27. The van der Waals surface area contributed by atoms with Gasteiger partial charge >= 0.3 is 19.8 Å². The first-order valence-electron chi connectivity index (χ1n) is 24.7. The summed E-state index contributed by atoms with van der Waals surface area (Å²) in [7, 11) is 1.47. The van der Waals surface area contributed by atoms with E-state index in [1.165, 1.54) is 128 Å². The molecule has 0 saturated heterocycles. The number of carbonyl (C=O) groups is 2. The van der Waals surface area contributed by atoms with Gasteiger partial charge in [-0.25, -0.2) is 4.57 Å². The van der Waals surface area contributed by atoms with Crippen molar-refractivity contribution in [3.05, 3.63) is 36.5 Å². The summed E-state index contributed by atoms with van der Waals surface area (Å²) in [4.78, 5) is 35.5. The number of unbranched alkanes of at least 4 members (excludes halogenated alkanes) is 26. The Bertz CT molecular complexity index is 1120. The number of allylic oxidation sites excluding steroid dienone is 6. The molecule has 0 aliphatic heterocycles. The van der Waals surface area contributed by atoms with Crippen LogP contribution in [0.5, 0.6) is 0 Å². The van der Waals surface area contributed by atoms with Crippen LogP contribution < -0.4 is 0 Å². The molecule has 0 fully saturated rings. The summed E-state index contributed by atoms with van der Waals surface area (Å²) in [5.74, 6) is -0.812. The maximum atomic E-state index is 12.7. The molecule has 1 N–H and O–H groups in total. The van der Waals surface area contributed by atoms with Gasteiger partial charge in [-0.3, -0.25) is 18.6 Å². The lowest BCUT2D eigenvalue weighted by atomic mass is 10.0. The van der Waals surface area contributed by atoms with Gasteiger partial charge in [-0.15, -0.1) is 0 Å². The predicted octanol–water partition coefficient (Wildman–Crippen LogP) is 14.5. The van der Waals surface area contributed by atoms with Gasteiger partial charge in [0.2, 0.25) is 0 Å². The lowest BCUT2D eigenvalue weighted by Crippen LogP contribution is -2.37. The van der Waals surface area contributed by atoms with Gasteiger partial charge in [-0.2, -0.15) is 0 Å². The Kier molecular flexibility index (Phi) is 41.3. The third kappa shape index (κ3) is 45.7. The van der Waals surface area contributed by atoms with E-state index in [9.17, 15) is 19.0 Å². The number of esters is 2. The average molecular weight is 869 g/mol. The normalized spacial score (nSPS) is 13.8. The summed E-state index contributed by atoms with van der Waals surface area (Å²) >= 11 is 0. The molecule has 0 rings (SSSR count). The van der Waals surface area contributed by atoms with Gasteiger partial charge in [0.25, 0.3) is 0 Å². The van der Waals surface area contributed by atoms with E-state index < -0.39 is 26.5 Å². The quantitative estimate of drug-likeness (QED) is 0.0161. The van der Waals surface area contributed by atoms with Crippen LogP contribution in [0.1, 0.15) is 219 Å². The number of hydrogen-bond acceptors (Lipinski definition) is 7. The number of rotatable bonds is 45. The van der Waals surface area contributed by atoms with Crippen molar-refractivity contribution in [2.24, 2.45) is 0 Å². The lowest BCUT2D eigenvalue weighted by molar-refractivity contribution is -0.870. The molecule has 1 unspecified atom stereocenters. The molecule has 0 heterocycles.